The Balaban J connectivity index is 1.82. The largest absolute Gasteiger partial charge is 0.340 e. The first-order valence-corrected chi connectivity index (χ1v) is 6.95. The number of Topliss-reactive ketones (excluding diaryl/α,β-unsaturated/α-hetero) is 1. The first-order chi connectivity index (χ1) is 10.1. The van der Waals surface area contributed by atoms with Gasteiger partial charge in [0.05, 0.1) is 6.54 Å². The molecule has 1 aromatic heterocycles. The Bertz CT molecular complexity index is 804. The SMILES string of the molecule is Cc1cn(CC(=O)Cc2ccccc2F)c2ccccc12. The summed E-state index contributed by atoms with van der Waals surface area (Å²) in [7, 11) is 0. The van der Waals surface area contributed by atoms with Crippen molar-refractivity contribution in [2.24, 2.45) is 0 Å². The van der Waals surface area contributed by atoms with Gasteiger partial charge in [-0.2, -0.15) is 0 Å². The minimum absolute atomic E-state index is 0.000790. The van der Waals surface area contributed by atoms with Crippen molar-refractivity contribution in [2.45, 2.75) is 19.9 Å². The highest BCUT2D eigenvalue weighted by Crippen LogP contribution is 2.20. The number of carbonyl (C=O) groups is 1. The van der Waals surface area contributed by atoms with E-state index in [0.717, 1.165) is 16.5 Å². The van der Waals surface area contributed by atoms with E-state index in [4.69, 9.17) is 0 Å². The average molecular weight is 281 g/mol. The Morgan fingerprint density at radius 3 is 2.62 bits per heavy atom. The maximum Gasteiger partial charge on any atom is 0.156 e. The number of ketones is 1. The molecule has 0 amide bonds. The number of hydrogen-bond donors (Lipinski definition) is 0. The molecule has 3 aromatic rings. The molecule has 3 rings (SSSR count). The third kappa shape index (κ3) is 2.72. The highest BCUT2D eigenvalue weighted by atomic mass is 19.1. The molecule has 0 aliphatic heterocycles. The summed E-state index contributed by atoms with van der Waals surface area (Å²) >= 11 is 0. The van der Waals surface area contributed by atoms with Crippen LogP contribution in [0.3, 0.4) is 0 Å². The number of rotatable bonds is 4. The number of fused-ring (bicyclic) bond motifs is 1. The molecule has 0 N–H and O–H groups in total. The van der Waals surface area contributed by atoms with Crippen LogP contribution in [0.5, 0.6) is 0 Å². The number of aromatic nitrogens is 1. The third-order valence-electron chi connectivity index (χ3n) is 3.68. The number of carbonyl (C=O) groups excluding carboxylic acids is 1. The summed E-state index contributed by atoms with van der Waals surface area (Å²) in [6, 6.07) is 14.4. The van der Waals surface area contributed by atoms with Crippen molar-refractivity contribution in [3.63, 3.8) is 0 Å². The smallest absolute Gasteiger partial charge is 0.156 e. The summed E-state index contributed by atoms with van der Waals surface area (Å²) in [6.07, 6.45) is 2.10. The third-order valence-corrected chi connectivity index (χ3v) is 3.68. The molecular weight excluding hydrogens is 265 g/mol. The molecule has 0 aliphatic rings. The molecule has 0 aliphatic carbocycles. The molecule has 0 saturated heterocycles. The zero-order valence-electron chi connectivity index (χ0n) is 11.8. The van der Waals surface area contributed by atoms with Gasteiger partial charge in [-0.25, -0.2) is 4.39 Å². The lowest BCUT2D eigenvalue weighted by Crippen LogP contribution is -2.12. The zero-order chi connectivity index (χ0) is 14.8. The fraction of sp³-hybridized carbons (Fsp3) is 0.167. The predicted octanol–water partition coefficient (Wildman–Crippen LogP) is 3.90. The van der Waals surface area contributed by atoms with Crippen LogP contribution < -0.4 is 0 Å². The van der Waals surface area contributed by atoms with Gasteiger partial charge >= 0.3 is 0 Å². The Morgan fingerprint density at radius 1 is 1.10 bits per heavy atom. The van der Waals surface area contributed by atoms with Gasteiger partial charge in [0.1, 0.15) is 5.82 Å². The van der Waals surface area contributed by atoms with Crippen LogP contribution in [0.15, 0.2) is 54.7 Å². The molecular formula is C18H16FNO. The van der Waals surface area contributed by atoms with Crippen molar-refractivity contribution >= 4 is 16.7 Å². The first kappa shape index (κ1) is 13.6. The number of hydrogen-bond acceptors (Lipinski definition) is 1. The maximum atomic E-state index is 13.6. The van der Waals surface area contributed by atoms with Crippen molar-refractivity contribution < 1.29 is 9.18 Å². The molecule has 1 heterocycles. The Labute approximate surface area is 122 Å². The second kappa shape index (κ2) is 5.52. The maximum absolute atomic E-state index is 13.6. The summed E-state index contributed by atoms with van der Waals surface area (Å²) in [6.45, 7) is 2.29. The van der Waals surface area contributed by atoms with E-state index in [1.807, 2.05) is 42.0 Å². The van der Waals surface area contributed by atoms with Crippen LogP contribution in [0, 0.1) is 12.7 Å². The molecule has 0 saturated carbocycles. The summed E-state index contributed by atoms with van der Waals surface area (Å²) in [4.78, 5) is 12.2. The fourth-order valence-corrected chi connectivity index (χ4v) is 2.66. The summed E-state index contributed by atoms with van der Waals surface area (Å²) in [5.74, 6) is -0.319. The van der Waals surface area contributed by atoms with Gasteiger partial charge in [0.15, 0.2) is 5.78 Å². The van der Waals surface area contributed by atoms with E-state index in [-0.39, 0.29) is 24.6 Å². The van der Waals surface area contributed by atoms with Gasteiger partial charge in [0.2, 0.25) is 0 Å². The number of nitrogens with zero attached hydrogens (tertiary/aromatic N) is 1. The lowest BCUT2D eigenvalue weighted by Gasteiger charge is -2.05. The van der Waals surface area contributed by atoms with Crippen LogP contribution in [-0.2, 0) is 17.8 Å². The summed E-state index contributed by atoms with van der Waals surface area (Å²) in [5, 5.41) is 1.15. The molecule has 2 nitrogen and oxygen atoms in total. The second-order valence-electron chi connectivity index (χ2n) is 5.26. The topological polar surface area (TPSA) is 22.0 Å². The molecule has 106 valence electrons. The van der Waals surface area contributed by atoms with Gasteiger partial charge in [0, 0.05) is 23.5 Å². The fourth-order valence-electron chi connectivity index (χ4n) is 2.66. The van der Waals surface area contributed by atoms with Crippen molar-refractivity contribution in [2.75, 3.05) is 0 Å². The molecule has 2 aromatic carbocycles. The summed E-state index contributed by atoms with van der Waals surface area (Å²) < 4.78 is 15.5. The molecule has 0 atom stereocenters. The second-order valence-corrected chi connectivity index (χ2v) is 5.26. The Morgan fingerprint density at radius 2 is 1.81 bits per heavy atom. The van der Waals surface area contributed by atoms with Crippen LogP contribution in [-0.4, -0.2) is 10.4 Å². The minimum Gasteiger partial charge on any atom is -0.340 e. The van der Waals surface area contributed by atoms with Gasteiger partial charge in [-0.1, -0.05) is 36.4 Å². The predicted molar refractivity (Wildman–Crippen MR) is 81.8 cm³/mol. The van der Waals surface area contributed by atoms with E-state index >= 15 is 0 Å². The number of halogens is 1. The van der Waals surface area contributed by atoms with Crippen molar-refractivity contribution in [3.05, 3.63) is 71.7 Å². The number of aryl methyl sites for hydroxylation is 1. The van der Waals surface area contributed by atoms with Gasteiger partial charge in [-0.15, -0.1) is 0 Å². The normalized spacial score (nSPS) is 11.0. The summed E-state index contributed by atoms with van der Waals surface area (Å²) in [5.41, 5.74) is 2.64. The zero-order valence-corrected chi connectivity index (χ0v) is 11.8. The monoisotopic (exact) mass is 281 g/mol. The van der Waals surface area contributed by atoms with E-state index in [1.54, 1.807) is 18.2 Å². The van der Waals surface area contributed by atoms with Gasteiger partial charge in [-0.3, -0.25) is 4.79 Å². The van der Waals surface area contributed by atoms with Gasteiger partial charge in [0.25, 0.3) is 0 Å². The van der Waals surface area contributed by atoms with Crippen molar-refractivity contribution in [1.29, 1.82) is 0 Å². The molecule has 0 radical (unpaired) electrons. The lowest BCUT2D eigenvalue weighted by atomic mass is 10.1. The quantitative estimate of drug-likeness (QED) is 0.711. The van der Waals surface area contributed by atoms with Crippen molar-refractivity contribution in [3.8, 4) is 0 Å². The van der Waals surface area contributed by atoms with Crippen LogP contribution in [0.2, 0.25) is 0 Å². The lowest BCUT2D eigenvalue weighted by molar-refractivity contribution is -0.118. The number of benzene rings is 2. The number of para-hydroxylation sites is 1. The Kier molecular flexibility index (Phi) is 3.57. The standard InChI is InChI=1S/C18H16FNO/c1-13-11-20(18-9-5-3-7-16(13)18)12-15(21)10-14-6-2-4-8-17(14)19/h2-9,11H,10,12H2,1H3. The Hall–Kier alpha value is -2.42. The molecule has 21 heavy (non-hydrogen) atoms. The molecule has 0 unspecified atom stereocenters. The van der Waals surface area contributed by atoms with Crippen LogP contribution >= 0.6 is 0 Å². The average Bonchev–Trinajstić information content (AvgIpc) is 2.79. The van der Waals surface area contributed by atoms with E-state index in [1.165, 1.54) is 6.07 Å². The minimum atomic E-state index is -0.320. The van der Waals surface area contributed by atoms with Gasteiger partial charge < -0.3 is 4.57 Å². The van der Waals surface area contributed by atoms with Crippen molar-refractivity contribution in [1.82, 2.24) is 4.57 Å². The molecule has 0 bridgehead atoms. The van der Waals surface area contributed by atoms with E-state index in [0.29, 0.717) is 5.56 Å². The highest BCUT2D eigenvalue weighted by molar-refractivity contribution is 5.87. The molecule has 3 heteroatoms. The first-order valence-electron chi connectivity index (χ1n) is 6.95. The van der Waals surface area contributed by atoms with E-state index in [2.05, 4.69) is 0 Å². The highest BCUT2D eigenvalue weighted by Gasteiger charge is 2.11. The van der Waals surface area contributed by atoms with E-state index < -0.39 is 0 Å². The molecule has 0 fully saturated rings. The van der Waals surface area contributed by atoms with Crippen LogP contribution in [0.1, 0.15) is 11.1 Å². The van der Waals surface area contributed by atoms with E-state index in [9.17, 15) is 9.18 Å². The van der Waals surface area contributed by atoms with Crippen LogP contribution in [0.4, 0.5) is 4.39 Å². The van der Waals surface area contributed by atoms with Crippen LogP contribution in [0.25, 0.3) is 10.9 Å². The molecule has 0 spiro atoms. The van der Waals surface area contributed by atoms with Gasteiger partial charge in [-0.05, 0) is 30.2 Å².